The van der Waals surface area contributed by atoms with E-state index >= 15 is 0 Å². The molecule has 4 nitrogen and oxygen atoms in total. The highest BCUT2D eigenvalue weighted by molar-refractivity contribution is 4.83. The van der Waals surface area contributed by atoms with Crippen molar-refractivity contribution in [2.45, 2.75) is 45.1 Å². The Morgan fingerprint density at radius 1 is 1.11 bits per heavy atom. The van der Waals surface area contributed by atoms with E-state index in [2.05, 4.69) is 17.1 Å². The Morgan fingerprint density at radius 2 is 1.78 bits per heavy atom. The van der Waals surface area contributed by atoms with Crippen LogP contribution >= 0.6 is 0 Å². The van der Waals surface area contributed by atoms with Crippen LogP contribution in [0.4, 0.5) is 0 Å². The van der Waals surface area contributed by atoms with Crippen LogP contribution in [-0.4, -0.2) is 60.5 Å². The Morgan fingerprint density at radius 3 is 2.39 bits per heavy atom. The second-order valence-corrected chi connectivity index (χ2v) is 5.35. The molecule has 0 radical (unpaired) electrons. The highest BCUT2D eigenvalue weighted by Crippen LogP contribution is 2.25. The zero-order chi connectivity index (χ0) is 13.2. The van der Waals surface area contributed by atoms with E-state index < -0.39 is 0 Å². The first-order chi connectivity index (χ1) is 8.81. The smallest absolute Gasteiger partial charge is 0.0558 e. The third-order valence-corrected chi connectivity index (χ3v) is 3.89. The molecule has 0 aromatic carbocycles. The Kier molecular flexibility index (Phi) is 8.59. The first kappa shape index (κ1) is 15.9. The second kappa shape index (κ2) is 9.73. The van der Waals surface area contributed by atoms with Crippen molar-refractivity contribution in [3.8, 4) is 0 Å². The topological polar surface area (TPSA) is 55.7 Å². The largest absolute Gasteiger partial charge is 0.395 e. The molecule has 108 valence electrons. The highest BCUT2D eigenvalue weighted by atomic mass is 16.3. The first-order valence-corrected chi connectivity index (χ1v) is 7.49. The van der Waals surface area contributed by atoms with Gasteiger partial charge in [0.25, 0.3) is 0 Å². The van der Waals surface area contributed by atoms with Crippen LogP contribution in [0, 0.1) is 5.92 Å². The quantitative estimate of drug-likeness (QED) is 0.573. The standard InChI is InChI=1S/C14H30N2O2/c1-2-7-15-14-6-4-3-5-13(14)12-16(8-10-17)9-11-18/h13-15,17-18H,2-12H2,1H3. The predicted octanol–water partition coefficient (Wildman–Crippen LogP) is 0.831. The lowest BCUT2D eigenvalue weighted by Gasteiger charge is -2.36. The van der Waals surface area contributed by atoms with E-state index in [0.717, 1.165) is 13.1 Å². The summed E-state index contributed by atoms with van der Waals surface area (Å²) in [6, 6.07) is 0.624. The number of hydrogen-bond donors (Lipinski definition) is 3. The van der Waals surface area contributed by atoms with Crippen molar-refractivity contribution >= 4 is 0 Å². The molecule has 0 bridgehead atoms. The average molecular weight is 258 g/mol. The molecule has 1 aliphatic rings. The lowest BCUT2D eigenvalue weighted by molar-refractivity contribution is 0.120. The minimum absolute atomic E-state index is 0.180. The lowest BCUT2D eigenvalue weighted by atomic mass is 9.84. The zero-order valence-corrected chi connectivity index (χ0v) is 11.8. The van der Waals surface area contributed by atoms with Crippen LogP contribution < -0.4 is 5.32 Å². The third-order valence-electron chi connectivity index (χ3n) is 3.89. The number of hydrogen-bond acceptors (Lipinski definition) is 4. The maximum Gasteiger partial charge on any atom is 0.0558 e. The summed E-state index contributed by atoms with van der Waals surface area (Å²) >= 11 is 0. The molecule has 1 saturated carbocycles. The van der Waals surface area contributed by atoms with Gasteiger partial charge in [0.2, 0.25) is 0 Å². The summed E-state index contributed by atoms with van der Waals surface area (Å²) < 4.78 is 0. The van der Waals surface area contributed by atoms with Crippen LogP contribution in [0.2, 0.25) is 0 Å². The molecule has 0 heterocycles. The Labute approximate surface area is 111 Å². The minimum Gasteiger partial charge on any atom is -0.395 e. The van der Waals surface area contributed by atoms with E-state index in [9.17, 15) is 0 Å². The van der Waals surface area contributed by atoms with Gasteiger partial charge in [-0.05, 0) is 31.7 Å². The van der Waals surface area contributed by atoms with E-state index in [1.807, 2.05) is 0 Å². The van der Waals surface area contributed by atoms with E-state index in [1.165, 1.54) is 32.1 Å². The van der Waals surface area contributed by atoms with Crippen molar-refractivity contribution in [2.24, 2.45) is 5.92 Å². The minimum atomic E-state index is 0.180. The van der Waals surface area contributed by atoms with Crippen molar-refractivity contribution in [1.29, 1.82) is 0 Å². The molecule has 18 heavy (non-hydrogen) atoms. The Hall–Kier alpha value is -0.160. The van der Waals surface area contributed by atoms with Crippen LogP contribution in [-0.2, 0) is 0 Å². The van der Waals surface area contributed by atoms with Crippen molar-refractivity contribution in [2.75, 3.05) is 39.4 Å². The molecular weight excluding hydrogens is 228 g/mol. The number of aliphatic hydroxyl groups is 2. The van der Waals surface area contributed by atoms with Gasteiger partial charge in [0.1, 0.15) is 0 Å². The molecule has 1 rings (SSSR count). The zero-order valence-electron chi connectivity index (χ0n) is 11.8. The van der Waals surface area contributed by atoms with Crippen LogP contribution in [0.1, 0.15) is 39.0 Å². The van der Waals surface area contributed by atoms with Gasteiger partial charge in [0.15, 0.2) is 0 Å². The summed E-state index contributed by atoms with van der Waals surface area (Å²) in [4.78, 5) is 2.19. The van der Waals surface area contributed by atoms with Crippen molar-refractivity contribution < 1.29 is 10.2 Å². The van der Waals surface area contributed by atoms with Crippen molar-refractivity contribution in [3.63, 3.8) is 0 Å². The molecule has 0 saturated heterocycles. The summed E-state index contributed by atoms with van der Waals surface area (Å²) in [6.45, 7) is 6.02. The maximum absolute atomic E-state index is 9.06. The van der Waals surface area contributed by atoms with E-state index in [0.29, 0.717) is 25.0 Å². The molecule has 2 atom stereocenters. The number of aliphatic hydroxyl groups excluding tert-OH is 2. The fraction of sp³-hybridized carbons (Fsp3) is 1.00. The average Bonchev–Trinajstić information content (AvgIpc) is 2.38. The summed E-state index contributed by atoms with van der Waals surface area (Å²) in [5.41, 5.74) is 0. The Balaban J connectivity index is 2.42. The van der Waals surface area contributed by atoms with Crippen molar-refractivity contribution in [3.05, 3.63) is 0 Å². The van der Waals surface area contributed by atoms with Gasteiger partial charge in [-0.1, -0.05) is 19.8 Å². The van der Waals surface area contributed by atoms with E-state index in [4.69, 9.17) is 10.2 Å². The molecule has 0 amide bonds. The monoisotopic (exact) mass is 258 g/mol. The maximum atomic E-state index is 9.06. The third kappa shape index (κ3) is 5.65. The van der Waals surface area contributed by atoms with Gasteiger partial charge in [-0.3, -0.25) is 4.90 Å². The highest BCUT2D eigenvalue weighted by Gasteiger charge is 2.25. The van der Waals surface area contributed by atoms with Gasteiger partial charge >= 0.3 is 0 Å². The Bertz CT molecular complexity index is 196. The molecule has 2 unspecified atom stereocenters. The second-order valence-electron chi connectivity index (χ2n) is 5.35. The lowest BCUT2D eigenvalue weighted by Crippen LogP contribution is -2.45. The molecule has 0 spiro atoms. The molecular formula is C14H30N2O2. The van der Waals surface area contributed by atoms with Crippen LogP contribution in [0.3, 0.4) is 0 Å². The summed E-state index contributed by atoms with van der Waals surface area (Å²) in [5.74, 6) is 0.670. The number of nitrogens with one attached hydrogen (secondary N) is 1. The number of rotatable bonds is 9. The molecule has 0 aromatic rings. The normalized spacial score (nSPS) is 24.7. The summed E-state index contributed by atoms with van der Waals surface area (Å²) in [7, 11) is 0. The van der Waals surface area contributed by atoms with Gasteiger partial charge < -0.3 is 15.5 Å². The molecule has 1 fully saturated rings. The molecule has 0 aliphatic heterocycles. The van der Waals surface area contributed by atoms with Crippen molar-refractivity contribution in [1.82, 2.24) is 10.2 Å². The molecule has 0 aromatic heterocycles. The predicted molar refractivity (Wildman–Crippen MR) is 74.7 cm³/mol. The van der Waals surface area contributed by atoms with Gasteiger partial charge in [-0.15, -0.1) is 0 Å². The van der Waals surface area contributed by atoms with Crippen LogP contribution in [0.15, 0.2) is 0 Å². The van der Waals surface area contributed by atoms with Gasteiger partial charge in [-0.2, -0.15) is 0 Å². The van der Waals surface area contributed by atoms with Gasteiger partial charge in [0.05, 0.1) is 13.2 Å². The summed E-state index contributed by atoms with van der Waals surface area (Å²) in [5, 5.41) is 21.8. The SMILES string of the molecule is CCCNC1CCCCC1CN(CCO)CCO. The van der Waals surface area contributed by atoms with E-state index in [1.54, 1.807) is 0 Å². The van der Waals surface area contributed by atoms with Gasteiger partial charge in [-0.25, -0.2) is 0 Å². The fourth-order valence-corrected chi connectivity index (χ4v) is 2.93. The molecule has 4 heteroatoms. The van der Waals surface area contributed by atoms with Crippen LogP contribution in [0.5, 0.6) is 0 Å². The summed E-state index contributed by atoms with van der Waals surface area (Å²) in [6.07, 6.45) is 6.38. The van der Waals surface area contributed by atoms with E-state index in [-0.39, 0.29) is 13.2 Å². The fourth-order valence-electron chi connectivity index (χ4n) is 2.93. The van der Waals surface area contributed by atoms with Gasteiger partial charge in [0, 0.05) is 25.7 Å². The van der Waals surface area contributed by atoms with Crippen LogP contribution in [0.25, 0.3) is 0 Å². The first-order valence-electron chi connectivity index (χ1n) is 7.49. The number of nitrogens with zero attached hydrogens (tertiary/aromatic N) is 1. The molecule has 1 aliphatic carbocycles. The molecule has 3 N–H and O–H groups in total.